The zero-order valence-electron chi connectivity index (χ0n) is 7.01. The van der Waals surface area contributed by atoms with Crippen molar-refractivity contribution in [2.24, 2.45) is 5.73 Å². The number of alkyl halides is 2. The van der Waals surface area contributed by atoms with E-state index in [0.29, 0.717) is 9.99 Å². The second kappa shape index (κ2) is 4.74. The number of aldehydes is 1. The lowest BCUT2D eigenvalue weighted by atomic mass is 10.1. The van der Waals surface area contributed by atoms with Crippen LogP contribution in [0.2, 0.25) is 0 Å². The third-order valence-electron chi connectivity index (χ3n) is 1.68. The molecule has 0 saturated carbocycles. The SMILES string of the molecule is NCc1nc(I)cc(C(F)F)c1C=O. The molecule has 0 aliphatic heterocycles. The molecule has 0 fully saturated rings. The van der Waals surface area contributed by atoms with Gasteiger partial charge in [-0.05, 0) is 28.7 Å². The van der Waals surface area contributed by atoms with E-state index in [1.54, 1.807) is 22.6 Å². The average molecular weight is 312 g/mol. The number of pyridine rings is 1. The van der Waals surface area contributed by atoms with Crippen LogP contribution in [0.5, 0.6) is 0 Å². The first-order valence-corrected chi connectivity index (χ1v) is 4.80. The standard InChI is InChI=1S/C8H7F2IN2O/c9-8(10)4-1-7(11)13-6(2-12)5(4)3-14/h1,3,8H,2,12H2. The zero-order chi connectivity index (χ0) is 10.7. The molecular weight excluding hydrogens is 305 g/mol. The van der Waals surface area contributed by atoms with E-state index in [1.807, 2.05) is 0 Å². The van der Waals surface area contributed by atoms with Gasteiger partial charge >= 0.3 is 0 Å². The van der Waals surface area contributed by atoms with Crippen LogP contribution in [0.1, 0.15) is 28.0 Å². The summed E-state index contributed by atoms with van der Waals surface area (Å²) in [4.78, 5) is 14.5. The van der Waals surface area contributed by atoms with Crippen molar-refractivity contribution in [1.29, 1.82) is 0 Å². The van der Waals surface area contributed by atoms with E-state index in [4.69, 9.17) is 5.73 Å². The lowest BCUT2D eigenvalue weighted by Crippen LogP contribution is -2.09. The lowest BCUT2D eigenvalue weighted by Gasteiger charge is -2.08. The predicted molar refractivity (Wildman–Crippen MR) is 55.2 cm³/mol. The average Bonchev–Trinajstić information content (AvgIpc) is 2.16. The molecule has 0 aliphatic carbocycles. The van der Waals surface area contributed by atoms with Crippen LogP contribution in [0.4, 0.5) is 8.78 Å². The summed E-state index contributed by atoms with van der Waals surface area (Å²) >= 11 is 1.80. The van der Waals surface area contributed by atoms with Crippen LogP contribution in [-0.4, -0.2) is 11.3 Å². The molecule has 6 heteroatoms. The number of halogens is 3. The highest BCUT2D eigenvalue weighted by molar-refractivity contribution is 14.1. The minimum atomic E-state index is -2.68. The molecule has 1 aromatic heterocycles. The summed E-state index contributed by atoms with van der Waals surface area (Å²) in [5, 5.41) is 0. The molecule has 0 amide bonds. The van der Waals surface area contributed by atoms with Crippen molar-refractivity contribution in [3.8, 4) is 0 Å². The Balaban J connectivity index is 3.39. The van der Waals surface area contributed by atoms with Crippen molar-refractivity contribution >= 4 is 28.9 Å². The molecule has 1 heterocycles. The number of aromatic nitrogens is 1. The van der Waals surface area contributed by atoms with Crippen LogP contribution in [0.3, 0.4) is 0 Å². The van der Waals surface area contributed by atoms with Gasteiger partial charge in [-0.1, -0.05) is 0 Å². The number of hydrogen-bond acceptors (Lipinski definition) is 3. The smallest absolute Gasteiger partial charge is 0.264 e. The number of nitrogens with two attached hydrogens (primary N) is 1. The summed E-state index contributed by atoms with van der Waals surface area (Å²) in [5.74, 6) is 0. The third-order valence-corrected chi connectivity index (χ3v) is 2.24. The first kappa shape index (κ1) is 11.4. The minimum absolute atomic E-state index is 0.0232. The van der Waals surface area contributed by atoms with Crippen molar-refractivity contribution in [2.75, 3.05) is 0 Å². The van der Waals surface area contributed by atoms with Gasteiger partial charge in [0.15, 0.2) is 6.29 Å². The van der Waals surface area contributed by atoms with E-state index >= 15 is 0 Å². The van der Waals surface area contributed by atoms with E-state index in [0.717, 1.165) is 0 Å². The van der Waals surface area contributed by atoms with Crippen molar-refractivity contribution in [1.82, 2.24) is 4.98 Å². The second-order valence-electron chi connectivity index (χ2n) is 2.52. The van der Waals surface area contributed by atoms with Gasteiger partial charge in [0.1, 0.15) is 3.70 Å². The van der Waals surface area contributed by atoms with Gasteiger partial charge in [-0.25, -0.2) is 13.8 Å². The number of hydrogen-bond donors (Lipinski definition) is 1. The summed E-state index contributed by atoms with van der Waals surface area (Å²) < 4.78 is 25.4. The fraction of sp³-hybridized carbons (Fsp3) is 0.250. The van der Waals surface area contributed by atoms with Crippen LogP contribution in [0.25, 0.3) is 0 Å². The molecule has 1 rings (SSSR count). The Labute approximate surface area is 92.8 Å². The fourth-order valence-electron chi connectivity index (χ4n) is 1.07. The lowest BCUT2D eigenvalue weighted by molar-refractivity contribution is 0.110. The Bertz CT molecular complexity index is 357. The van der Waals surface area contributed by atoms with Gasteiger partial charge < -0.3 is 5.73 Å². The van der Waals surface area contributed by atoms with Gasteiger partial charge in [0.2, 0.25) is 0 Å². The Morgan fingerprint density at radius 3 is 2.71 bits per heavy atom. The fourth-order valence-corrected chi connectivity index (χ4v) is 1.69. The highest BCUT2D eigenvalue weighted by atomic mass is 127. The number of rotatable bonds is 3. The van der Waals surface area contributed by atoms with Crippen molar-refractivity contribution in [2.45, 2.75) is 13.0 Å². The maximum absolute atomic E-state index is 12.5. The minimum Gasteiger partial charge on any atom is -0.325 e. The van der Waals surface area contributed by atoms with E-state index in [1.165, 1.54) is 6.07 Å². The molecule has 0 bridgehead atoms. The van der Waals surface area contributed by atoms with Crippen LogP contribution < -0.4 is 5.73 Å². The van der Waals surface area contributed by atoms with Crippen LogP contribution in [0.15, 0.2) is 6.07 Å². The molecule has 0 spiro atoms. The number of carbonyl (C=O) groups is 1. The topological polar surface area (TPSA) is 56.0 Å². The Hall–Kier alpha value is -0.630. The molecule has 0 aromatic carbocycles. The summed E-state index contributed by atoms with van der Waals surface area (Å²) in [5.41, 5.74) is 5.10. The normalized spacial score (nSPS) is 10.6. The molecule has 0 unspecified atom stereocenters. The molecule has 76 valence electrons. The Morgan fingerprint density at radius 2 is 2.29 bits per heavy atom. The van der Waals surface area contributed by atoms with Gasteiger partial charge in [0, 0.05) is 17.7 Å². The molecule has 14 heavy (non-hydrogen) atoms. The zero-order valence-corrected chi connectivity index (χ0v) is 9.16. The van der Waals surface area contributed by atoms with E-state index < -0.39 is 6.43 Å². The first-order chi connectivity index (χ1) is 6.60. The van der Waals surface area contributed by atoms with E-state index in [9.17, 15) is 13.6 Å². The number of nitrogens with zero attached hydrogens (tertiary/aromatic N) is 1. The van der Waals surface area contributed by atoms with Gasteiger partial charge in [0.05, 0.1) is 5.69 Å². The summed E-state index contributed by atoms with van der Waals surface area (Å²) in [7, 11) is 0. The van der Waals surface area contributed by atoms with Gasteiger partial charge in [-0.2, -0.15) is 0 Å². The van der Waals surface area contributed by atoms with Crippen molar-refractivity contribution in [3.05, 3.63) is 26.6 Å². The maximum atomic E-state index is 12.5. The third kappa shape index (κ3) is 2.24. The maximum Gasteiger partial charge on any atom is 0.264 e. The van der Waals surface area contributed by atoms with Gasteiger partial charge in [0.25, 0.3) is 6.43 Å². The van der Waals surface area contributed by atoms with E-state index in [2.05, 4.69) is 4.98 Å². The first-order valence-electron chi connectivity index (χ1n) is 3.72. The van der Waals surface area contributed by atoms with Gasteiger partial charge in [-0.3, -0.25) is 4.79 Å². The molecule has 1 aromatic rings. The predicted octanol–water partition coefficient (Wildman–Crippen LogP) is 1.90. The Morgan fingerprint density at radius 1 is 1.64 bits per heavy atom. The van der Waals surface area contributed by atoms with Crippen molar-refractivity contribution < 1.29 is 13.6 Å². The molecule has 0 radical (unpaired) electrons. The molecular formula is C8H7F2IN2O. The molecule has 3 nitrogen and oxygen atoms in total. The summed E-state index contributed by atoms with van der Waals surface area (Å²) in [6.45, 7) is -0.0232. The van der Waals surface area contributed by atoms with Crippen LogP contribution >= 0.6 is 22.6 Å². The molecule has 0 aliphatic rings. The highest BCUT2D eigenvalue weighted by Crippen LogP contribution is 2.24. The Kier molecular flexibility index (Phi) is 3.87. The monoisotopic (exact) mass is 312 g/mol. The molecule has 2 N–H and O–H groups in total. The summed E-state index contributed by atoms with van der Waals surface area (Å²) in [6.07, 6.45) is -2.32. The largest absolute Gasteiger partial charge is 0.325 e. The van der Waals surface area contributed by atoms with E-state index in [-0.39, 0.29) is 23.4 Å². The van der Waals surface area contributed by atoms with Crippen LogP contribution in [-0.2, 0) is 6.54 Å². The molecule has 0 saturated heterocycles. The molecule has 0 atom stereocenters. The number of carbonyl (C=O) groups excluding carboxylic acids is 1. The quantitative estimate of drug-likeness (QED) is 0.527. The highest BCUT2D eigenvalue weighted by Gasteiger charge is 2.17. The van der Waals surface area contributed by atoms with Crippen LogP contribution in [0, 0.1) is 3.70 Å². The van der Waals surface area contributed by atoms with Crippen molar-refractivity contribution in [3.63, 3.8) is 0 Å². The second-order valence-corrected chi connectivity index (χ2v) is 3.62. The van der Waals surface area contributed by atoms with Gasteiger partial charge in [-0.15, -0.1) is 0 Å². The summed E-state index contributed by atoms with van der Waals surface area (Å²) in [6, 6.07) is 1.19.